The van der Waals surface area contributed by atoms with Crippen molar-refractivity contribution in [3.8, 4) is 0 Å². The molecule has 0 saturated heterocycles. The number of sulfonamides is 1. The summed E-state index contributed by atoms with van der Waals surface area (Å²) < 4.78 is 32.2. The van der Waals surface area contributed by atoms with Gasteiger partial charge in [-0.2, -0.15) is 8.42 Å². The summed E-state index contributed by atoms with van der Waals surface area (Å²) in [6.07, 6.45) is 1.02. The molecular formula is C13H14BN3O4S. The van der Waals surface area contributed by atoms with Gasteiger partial charge in [-0.1, -0.05) is 12.1 Å². The fourth-order valence-electron chi connectivity index (χ4n) is 2.34. The zero-order valence-electron chi connectivity index (χ0n) is 11.5. The average molecular weight is 319 g/mol. The first-order chi connectivity index (χ1) is 10.5. The highest BCUT2D eigenvalue weighted by Crippen LogP contribution is 2.25. The van der Waals surface area contributed by atoms with Crippen molar-refractivity contribution in [3.63, 3.8) is 0 Å². The monoisotopic (exact) mass is 319 g/mol. The van der Waals surface area contributed by atoms with Gasteiger partial charge in [0.25, 0.3) is 10.0 Å². The number of nitrogens with one attached hydrogen (secondary N) is 1. The first-order valence-electron chi connectivity index (χ1n) is 6.62. The topological polar surface area (TPSA) is 115 Å². The Bertz CT molecular complexity index is 785. The molecule has 0 fully saturated rings. The molecule has 9 heteroatoms. The maximum atomic E-state index is 12.2. The highest BCUT2D eigenvalue weighted by molar-refractivity contribution is 7.92. The van der Waals surface area contributed by atoms with Crippen molar-refractivity contribution < 1.29 is 18.1 Å². The first-order valence-corrected chi connectivity index (χ1v) is 8.11. The normalized spacial score (nSPS) is 17.4. The number of aromatic nitrogens is 1. The molecule has 7 nitrogen and oxygen atoms in total. The molecule has 114 valence electrons. The molecule has 1 atom stereocenters. The Kier molecular flexibility index (Phi) is 3.87. The van der Waals surface area contributed by atoms with Gasteiger partial charge in [0.2, 0.25) is 0 Å². The lowest BCUT2D eigenvalue weighted by Crippen LogP contribution is -2.28. The lowest BCUT2D eigenvalue weighted by atomic mass is 9.79. The minimum absolute atomic E-state index is 0.0767. The number of rotatable bonds is 4. The summed E-state index contributed by atoms with van der Waals surface area (Å²) in [5.74, 6) is 0. The second-order valence-electron chi connectivity index (χ2n) is 4.83. The van der Waals surface area contributed by atoms with E-state index in [0.717, 1.165) is 5.56 Å². The van der Waals surface area contributed by atoms with E-state index in [2.05, 4.69) is 9.71 Å². The lowest BCUT2D eigenvalue weighted by Gasteiger charge is -2.10. The Morgan fingerprint density at radius 2 is 2.18 bits per heavy atom. The predicted octanol–water partition coefficient (Wildman–Crippen LogP) is -0.400. The number of hydrogen-bond acceptors (Lipinski definition) is 6. The smallest absolute Gasteiger partial charge is 0.423 e. The summed E-state index contributed by atoms with van der Waals surface area (Å²) in [6, 6.07) is 9.46. The number of nitrogens with two attached hydrogens (primary N) is 1. The number of benzene rings is 1. The Morgan fingerprint density at radius 3 is 2.86 bits per heavy atom. The van der Waals surface area contributed by atoms with Crippen molar-refractivity contribution in [2.24, 2.45) is 5.73 Å². The van der Waals surface area contributed by atoms with Crippen molar-refractivity contribution in [3.05, 3.63) is 48.2 Å². The first kappa shape index (κ1) is 15.0. The molecule has 22 heavy (non-hydrogen) atoms. The van der Waals surface area contributed by atoms with Crippen LogP contribution in [0.1, 0.15) is 11.7 Å². The summed E-state index contributed by atoms with van der Waals surface area (Å²) in [4.78, 5) is 3.82. The summed E-state index contributed by atoms with van der Waals surface area (Å²) in [5.41, 5.74) is 7.17. The maximum Gasteiger partial charge on any atom is 0.492 e. The van der Waals surface area contributed by atoms with Crippen LogP contribution in [0.2, 0.25) is 0 Å². The molecule has 0 bridgehead atoms. The standard InChI is InChI=1S/C13H14BN3O4S/c15-8-12-10-5-4-9(7-11(10)14(18)21-12)17-22(19,20)13-3-1-2-6-16-13/h1-7,12,17-18H,8,15H2. The lowest BCUT2D eigenvalue weighted by molar-refractivity contribution is 0.198. The summed E-state index contributed by atoms with van der Waals surface area (Å²) in [6.45, 7) is 0.239. The van der Waals surface area contributed by atoms with Gasteiger partial charge in [0.1, 0.15) is 0 Å². The van der Waals surface area contributed by atoms with Crippen molar-refractivity contribution in [1.82, 2.24) is 4.98 Å². The fraction of sp³-hybridized carbons (Fsp3) is 0.154. The van der Waals surface area contributed by atoms with Crippen LogP contribution in [0, 0.1) is 0 Å². The van der Waals surface area contributed by atoms with Crippen LogP contribution in [-0.4, -0.2) is 32.1 Å². The average Bonchev–Trinajstić information content (AvgIpc) is 2.84. The van der Waals surface area contributed by atoms with Crippen LogP contribution in [-0.2, 0) is 14.7 Å². The third-order valence-corrected chi connectivity index (χ3v) is 4.67. The summed E-state index contributed by atoms with van der Waals surface area (Å²) in [5, 5.41) is 9.78. The van der Waals surface area contributed by atoms with E-state index in [4.69, 9.17) is 10.4 Å². The molecule has 2 heterocycles. The number of fused-ring (bicyclic) bond motifs is 1. The molecule has 1 aliphatic heterocycles. The SMILES string of the molecule is NCC1OB(O)c2cc(NS(=O)(=O)c3ccccn3)ccc21. The third-order valence-electron chi connectivity index (χ3n) is 3.37. The maximum absolute atomic E-state index is 12.2. The van der Waals surface area contributed by atoms with Gasteiger partial charge >= 0.3 is 7.12 Å². The van der Waals surface area contributed by atoms with Crippen LogP contribution < -0.4 is 15.9 Å². The second-order valence-corrected chi connectivity index (χ2v) is 6.46. The Hall–Kier alpha value is -1.94. The van der Waals surface area contributed by atoms with Gasteiger partial charge in [-0.15, -0.1) is 0 Å². The predicted molar refractivity (Wildman–Crippen MR) is 82.0 cm³/mol. The molecule has 1 aromatic heterocycles. The van der Waals surface area contributed by atoms with Crippen LogP contribution >= 0.6 is 0 Å². The largest absolute Gasteiger partial charge is 0.492 e. The quantitative estimate of drug-likeness (QED) is 0.661. The zero-order valence-corrected chi connectivity index (χ0v) is 12.3. The van der Waals surface area contributed by atoms with E-state index in [1.165, 1.54) is 18.3 Å². The van der Waals surface area contributed by atoms with Crippen molar-refractivity contribution in [2.75, 3.05) is 11.3 Å². The number of hydrogen-bond donors (Lipinski definition) is 3. The number of anilines is 1. The molecule has 2 aromatic rings. The third kappa shape index (κ3) is 2.71. The van der Waals surface area contributed by atoms with Gasteiger partial charge in [-0.25, -0.2) is 4.98 Å². The van der Waals surface area contributed by atoms with Gasteiger partial charge in [0, 0.05) is 18.4 Å². The van der Waals surface area contributed by atoms with Gasteiger partial charge < -0.3 is 15.4 Å². The van der Waals surface area contributed by atoms with Gasteiger partial charge in [-0.3, -0.25) is 4.72 Å². The molecule has 1 aliphatic rings. The second kappa shape index (κ2) is 5.69. The van der Waals surface area contributed by atoms with E-state index < -0.39 is 17.1 Å². The molecule has 0 spiro atoms. The van der Waals surface area contributed by atoms with Gasteiger partial charge in [0.05, 0.1) is 6.10 Å². The molecule has 1 aromatic carbocycles. The molecule has 1 unspecified atom stereocenters. The van der Waals surface area contributed by atoms with Gasteiger partial charge in [-0.05, 0) is 35.3 Å². The Balaban J connectivity index is 1.90. The molecule has 0 aliphatic carbocycles. The zero-order chi connectivity index (χ0) is 15.7. The molecule has 0 saturated carbocycles. The van der Waals surface area contributed by atoms with E-state index in [-0.39, 0.29) is 17.7 Å². The van der Waals surface area contributed by atoms with Crippen molar-refractivity contribution in [1.29, 1.82) is 0 Å². The highest BCUT2D eigenvalue weighted by Gasteiger charge is 2.34. The van der Waals surface area contributed by atoms with E-state index in [0.29, 0.717) is 11.2 Å². The summed E-state index contributed by atoms with van der Waals surface area (Å²) in [7, 11) is -4.88. The van der Waals surface area contributed by atoms with E-state index in [9.17, 15) is 13.4 Å². The van der Waals surface area contributed by atoms with Gasteiger partial charge in [0.15, 0.2) is 5.03 Å². The van der Waals surface area contributed by atoms with Crippen LogP contribution in [0.25, 0.3) is 0 Å². The van der Waals surface area contributed by atoms with Crippen LogP contribution in [0.15, 0.2) is 47.6 Å². The highest BCUT2D eigenvalue weighted by atomic mass is 32.2. The Morgan fingerprint density at radius 1 is 1.36 bits per heavy atom. The van der Waals surface area contributed by atoms with Crippen molar-refractivity contribution in [2.45, 2.75) is 11.1 Å². The van der Waals surface area contributed by atoms with E-state index >= 15 is 0 Å². The molecule has 4 N–H and O–H groups in total. The molecule has 3 rings (SSSR count). The van der Waals surface area contributed by atoms with Crippen LogP contribution in [0.5, 0.6) is 0 Å². The van der Waals surface area contributed by atoms with Crippen LogP contribution in [0.4, 0.5) is 5.69 Å². The van der Waals surface area contributed by atoms with E-state index in [1.807, 2.05) is 0 Å². The summed E-state index contributed by atoms with van der Waals surface area (Å²) >= 11 is 0. The van der Waals surface area contributed by atoms with Crippen LogP contribution in [0.3, 0.4) is 0 Å². The Labute approximate surface area is 128 Å². The number of pyridine rings is 1. The van der Waals surface area contributed by atoms with Crippen molar-refractivity contribution >= 4 is 28.3 Å². The number of nitrogens with zero attached hydrogens (tertiary/aromatic N) is 1. The molecular weight excluding hydrogens is 305 g/mol. The minimum Gasteiger partial charge on any atom is -0.423 e. The van der Waals surface area contributed by atoms with E-state index in [1.54, 1.807) is 24.3 Å². The minimum atomic E-state index is -3.78. The molecule has 0 radical (unpaired) electrons. The fourth-order valence-corrected chi connectivity index (χ4v) is 3.34. The molecule has 0 amide bonds.